The van der Waals surface area contributed by atoms with Crippen LogP contribution in [0.3, 0.4) is 0 Å². The van der Waals surface area contributed by atoms with Gasteiger partial charge in [-0.1, -0.05) is 64.9 Å². The molecule has 46 heavy (non-hydrogen) atoms. The third-order valence-electron chi connectivity index (χ3n) is 7.91. The molecule has 0 saturated heterocycles. The SMILES string of the molecule is CCOc1ccc([C@@H]2C(C(=O)OC)=CN=c3s/c(=C/c4c(C)n(Cc5ccc(Cl)cc5Cl)c5ccccc45)c(=O)n32)cc1OCC. The molecule has 6 rings (SSSR count). The topological polar surface area (TPSA) is 84.0 Å². The van der Waals surface area contributed by atoms with Crippen LogP contribution >= 0.6 is 34.5 Å². The molecule has 0 radical (unpaired) electrons. The van der Waals surface area contributed by atoms with E-state index in [1.54, 1.807) is 22.8 Å². The van der Waals surface area contributed by atoms with Gasteiger partial charge in [-0.05, 0) is 68.3 Å². The van der Waals surface area contributed by atoms with Crippen molar-refractivity contribution in [1.82, 2.24) is 9.13 Å². The van der Waals surface area contributed by atoms with Gasteiger partial charge in [-0.2, -0.15) is 0 Å². The van der Waals surface area contributed by atoms with Crippen molar-refractivity contribution in [3.05, 3.63) is 125 Å². The van der Waals surface area contributed by atoms with Gasteiger partial charge < -0.3 is 18.8 Å². The highest BCUT2D eigenvalue weighted by molar-refractivity contribution is 7.07. The predicted octanol–water partition coefficient (Wildman–Crippen LogP) is 6.43. The van der Waals surface area contributed by atoms with Crippen molar-refractivity contribution in [3.63, 3.8) is 0 Å². The second-order valence-corrected chi connectivity index (χ2v) is 12.4. The summed E-state index contributed by atoms with van der Waals surface area (Å²) >= 11 is 14.0. The van der Waals surface area contributed by atoms with Gasteiger partial charge in [0.05, 0.1) is 36.5 Å². The molecule has 5 aromatic rings. The van der Waals surface area contributed by atoms with E-state index in [9.17, 15) is 9.59 Å². The quantitative estimate of drug-likeness (QED) is 0.168. The largest absolute Gasteiger partial charge is 0.490 e. The monoisotopic (exact) mass is 675 g/mol. The maximum Gasteiger partial charge on any atom is 0.337 e. The summed E-state index contributed by atoms with van der Waals surface area (Å²) in [7, 11) is 1.31. The van der Waals surface area contributed by atoms with E-state index in [4.69, 9.17) is 37.4 Å². The first-order valence-electron chi connectivity index (χ1n) is 14.8. The van der Waals surface area contributed by atoms with Gasteiger partial charge in [0.25, 0.3) is 5.56 Å². The molecule has 1 aliphatic heterocycles. The highest BCUT2D eigenvalue weighted by Crippen LogP contribution is 2.35. The lowest BCUT2D eigenvalue weighted by Gasteiger charge is -2.23. The Kier molecular flexibility index (Phi) is 9.08. The number of fused-ring (bicyclic) bond motifs is 2. The zero-order chi connectivity index (χ0) is 32.5. The maximum absolute atomic E-state index is 14.3. The number of rotatable bonds is 9. The molecule has 0 amide bonds. The molecule has 236 valence electrons. The molecule has 0 bridgehead atoms. The van der Waals surface area contributed by atoms with Gasteiger partial charge in [-0.15, -0.1) is 0 Å². The number of hydrogen-bond acceptors (Lipinski definition) is 7. The van der Waals surface area contributed by atoms with E-state index in [1.807, 2.05) is 63.2 Å². The third kappa shape index (κ3) is 5.75. The molecule has 3 heterocycles. The summed E-state index contributed by atoms with van der Waals surface area (Å²) < 4.78 is 20.9. The van der Waals surface area contributed by atoms with Gasteiger partial charge in [0.1, 0.15) is 0 Å². The summed E-state index contributed by atoms with van der Waals surface area (Å²) in [6.45, 7) is 7.22. The first-order valence-corrected chi connectivity index (χ1v) is 16.3. The number of aromatic nitrogens is 2. The Morgan fingerprint density at radius 3 is 2.52 bits per heavy atom. The van der Waals surface area contributed by atoms with Crippen molar-refractivity contribution in [2.45, 2.75) is 33.4 Å². The normalized spacial score (nSPS) is 14.5. The molecule has 11 heteroatoms. The Morgan fingerprint density at radius 1 is 1.02 bits per heavy atom. The summed E-state index contributed by atoms with van der Waals surface area (Å²) in [5.74, 6) is 0.528. The average molecular weight is 677 g/mol. The lowest BCUT2D eigenvalue weighted by atomic mass is 9.97. The average Bonchev–Trinajstić information content (AvgIpc) is 3.51. The molecule has 0 aliphatic carbocycles. The molecule has 0 N–H and O–H groups in total. The van der Waals surface area contributed by atoms with E-state index < -0.39 is 12.0 Å². The van der Waals surface area contributed by atoms with E-state index in [0.717, 1.165) is 27.7 Å². The van der Waals surface area contributed by atoms with Crippen LogP contribution in [0.2, 0.25) is 10.0 Å². The van der Waals surface area contributed by atoms with Gasteiger partial charge >= 0.3 is 5.97 Å². The smallest absolute Gasteiger partial charge is 0.337 e. The summed E-state index contributed by atoms with van der Waals surface area (Å²) in [6, 6.07) is 18.2. The van der Waals surface area contributed by atoms with Crippen LogP contribution in [0, 0.1) is 6.92 Å². The van der Waals surface area contributed by atoms with E-state index in [1.165, 1.54) is 24.6 Å². The molecule has 3 aromatic carbocycles. The Bertz CT molecular complexity index is 2200. The lowest BCUT2D eigenvalue weighted by molar-refractivity contribution is -0.136. The van der Waals surface area contributed by atoms with Gasteiger partial charge in [0, 0.05) is 45.0 Å². The zero-order valence-electron chi connectivity index (χ0n) is 25.7. The second-order valence-electron chi connectivity index (χ2n) is 10.6. The number of para-hydroxylation sites is 1. The fourth-order valence-electron chi connectivity index (χ4n) is 5.78. The number of benzene rings is 3. The highest BCUT2D eigenvalue weighted by Gasteiger charge is 2.31. The summed E-state index contributed by atoms with van der Waals surface area (Å²) in [5.41, 5.74) is 4.45. The van der Waals surface area contributed by atoms with Crippen LogP contribution < -0.4 is 24.4 Å². The van der Waals surface area contributed by atoms with Crippen molar-refractivity contribution >= 4 is 57.5 Å². The van der Waals surface area contributed by atoms with E-state index >= 15 is 0 Å². The molecule has 0 fully saturated rings. The molecule has 2 aromatic heterocycles. The number of ether oxygens (including phenoxy) is 3. The van der Waals surface area contributed by atoms with Crippen LogP contribution in [-0.2, 0) is 16.1 Å². The standard InChI is InChI=1S/C35H31Cl2N3O5S/c1-5-44-29-14-12-21(15-30(29)45-6-2)32-26(34(42)43-4)18-38-35-40(32)33(41)31(46-35)17-25-20(3)39(28-10-8-7-9-24(25)28)19-22-11-13-23(36)16-27(22)37/h7-18,32H,5-6,19H2,1-4H3/b31-17+/t32-/m1/s1. The highest BCUT2D eigenvalue weighted by atomic mass is 35.5. The van der Waals surface area contributed by atoms with Crippen molar-refractivity contribution in [3.8, 4) is 11.5 Å². The van der Waals surface area contributed by atoms with Crippen LogP contribution in [0.5, 0.6) is 11.5 Å². The third-order valence-corrected chi connectivity index (χ3v) is 9.49. The first kappa shape index (κ1) is 31.7. The minimum atomic E-state index is -0.782. The number of carbonyl (C=O) groups is 1. The van der Waals surface area contributed by atoms with E-state index in [-0.39, 0.29) is 11.1 Å². The molecule has 0 unspecified atom stereocenters. The van der Waals surface area contributed by atoms with Crippen LogP contribution in [0.1, 0.15) is 42.3 Å². The van der Waals surface area contributed by atoms with Gasteiger partial charge in [0.2, 0.25) is 0 Å². The second kappa shape index (κ2) is 13.2. The number of nitrogens with zero attached hydrogens (tertiary/aromatic N) is 3. The fraction of sp³-hybridized carbons (Fsp3) is 0.229. The minimum Gasteiger partial charge on any atom is -0.490 e. The van der Waals surface area contributed by atoms with Crippen LogP contribution in [-0.4, -0.2) is 35.4 Å². The zero-order valence-corrected chi connectivity index (χ0v) is 28.0. The van der Waals surface area contributed by atoms with Crippen molar-refractivity contribution in [2.24, 2.45) is 4.99 Å². The Balaban J connectivity index is 1.52. The number of esters is 1. The summed E-state index contributed by atoms with van der Waals surface area (Å²) in [5, 5.41) is 2.16. The molecular formula is C35H31Cl2N3O5S. The first-order chi connectivity index (χ1) is 22.2. The number of hydrogen-bond donors (Lipinski definition) is 0. The number of methoxy groups -OCH3 is 1. The molecule has 0 saturated carbocycles. The summed E-state index contributed by atoms with van der Waals surface area (Å²) in [4.78, 5) is 32.3. The Morgan fingerprint density at radius 2 is 1.78 bits per heavy atom. The van der Waals surface area contributed by atoms with Gasteiger partial charge in [-0.3, -0.25) is 9.36 Å². The van der Waals surface area contributed by atoms with Gasteiger partial charge in [0.15, 0.2) is 16.3 Å². The Hall–Kier alpha value is -4.31. The van der Waals surface area contributed by atoms with E-state index in [0.29, 0.717) is 56.2 Å². The van der Waals surface area contributed by atoms with E-state index in [2.05, 4.69) is 15.6 Å². The van der Waals surface area contributed by atoms with Gasteiger partial charge in [-0.25, -0.2) is 9.79 Å². The van der Waals surface area contributed by atoms with Crippen LogP contribution in [0.4, 0.5) is 0 Å². The van der Waals surface area contributed by atoms with Crippen molar-refractivity contribution in [2.75, 3.05) is 20.3 Å². The van der Waals surface area contributed by atoms with Crippen LogP contribution in [0.25, 0.3) is 17.0 Å². The fourth-order valence-corrected chi connectivity index (χ4v) is 7.20. The van der Waals surface area contributed by atoms with Crippen molar-refractivity contribution in [1.29, 1.82) is 0 Å². The lowest BCUT2D eigenvalue weighted by Crippen LogP contribution is -2.39. The molecule has 1 aliphatic rings. The predicted molar refractivity (Wildman–Crippen MR) is 182 cm³/mol. The van der Waals surface area contributed by atoms with Crippen LogP contribution in [0.15, 0.2) is 82.2 Å². The maximum atomic E-state index is 14.3. The molecule has 8 nitrogen and oxygen atoms in total. The molecule has 0 spiro atoms. The molecular weight excluding hydrogens is 645 g/mol. The minimum absolute atomic E-state index is 0.237. The number of carbonyl (C=O) groups excluding carboxylic acids is 1. The summed E-state index contributed by atoms with van der Waals surface area (Å²) in [6.07, 6.45) is 3.39. The van der Waals surface area contributed by atoms with Crippen molar-refractivity contribution < 1.29 is 19.0 Å². The Labute approximate surface area is 279 Å². The molecule has 1 atom stereocenters. The number of halogens is 2. The number of thiazole rings is 1.